The van der Waals surface area contributed by atoms with Crippen LogP contribution in [0.3, 0.4) is 0 Å². The average Bonchev–Trinajstić information content (AvgIpc) is 2.13. The number of hydrogen-bond acceptors (Lipinski definition) is 3. The van der Waals surface area contributed by atoms with Gasteiger partial charge in [0.1, 0.15) is 0 Å². The predicted molar refractivity (Wildman–Crippen MR) is 57.1 cm³/mol. The largest absolute Gasteiger partial charge is 0.393 e. The van der Waals surface area contributed by atoms with Crippen LogP contribution in [0.2, 0.25) is 0 Å². The second kappa shape index (κ2) is 8.97. The Balaban J connectivity index is 3.18. The SMILES string of the molecule is CCNCCC(=O)NCCCC(C)O. The molecule has 84 valence electrons. The topological polar surface area (TPSA) is 61.4 Å². The first-order valence-electron chi connectivity index (χ1n) is 5.32. The highest BCUT2D eigenvalue weighted by molar-refractivity contribution is 5.75. The molecule has 1 unspecified atom stereocenters. The van der Waals surface area contributed by atoms with Crippen molar-refractivity contribution in [3.8, 4) is 0 Å². The fourth-order valence-corrected chi connectivity index (χ4v) is 1.09. The zero-order valence-electron chi connectivity index (χ0n) is 9.18. The minimum Gasteiger partial charge on any atom is -0.393 e. The fourth-order valence-electron chi connectivity index (χ4n) is 1.09. The van der Waals surface area contributed by atoms with Crippen LogP contribution in [-0.2, 0) is 4.79 Å². The van der Waals surface area contributed by atoms with Crippen LogP contribution in [0.25, 0.3) is 0 Å². The molecule has 0 aliphatic carbocycles. The Hall–Kier alpha value is -0.610. The molecule has 0 aliphatic rings. The summed E-state index contributed by atoms with van der Waals surface area (Å²) in [6.07, 6.45) is 1.84. The highest BCUT2D eigenvalue weighted by Crippen LogP contribution is 1.93. The molecule has 0 radical (unpaired) electrons. The Morgan fingerprint density at radius 2 is 2.14 bits per heavy atom. The lowest BCUT2D eigenvalue weighted by Crippen LogP contribution is -2.28. The Labute approximate surface area is 86.1 Å². The molecule has 1 amide bonds. The van der Waals surface area contributed by atoms with Crippen LogP contribution in [0, 0.1) is 0 Å². The van der Waals surface area contributed by atoms with Gasteiger partial charge in [-0.2, -0.15) is 0 Å². The number of aliphatic hydroxyl groups is 1. The number of carbonyl (C=O) groups is 1. The van der Waals surface area contributed by atoms with E-state index in [1.54, 1.807) is 6.92 Å². The average molecular weight is 202 g/mol. The molecule has 0 fully saturated rings. The molecule has 0 aliphatic heterocycles. The Morgan fingerprint density at radius 1 is 1.43 bits per heavy atom. The molecule has 0 bridgehead atoms. The van der Waals surface area contributed by atoms with Crippen molar-refractivity contribution in [2.75, 3.05) is 19.6 Å². The van der Waals surface area contributed by atoms with Crippen LogP contribution >= 0.6 is 0 Å². The summed E-state index contributed by atoms with van der Waals surface area (Å²) in [5.41, 5.74) is 0. The summed E-state index contributed by atoms with van der Waals surface area (Å²) in [4.78, 5) is 11.1. The Bertz CT molecular complexity index is 149. The van der Waals surface area contributed by atoms with Gasteiger partial charge >= 0.3 is 0 Å². The summed E-state index contributed by atoms with van der Waals surface area (Å²) >= 11 is 0. The number of amides is 1. The van der Waals surface area contributed by atoms with Crippen molar-refractivity contribution in [3.63, 3.8) is 0 Å². The summed E-state index contributed by atoms with van der Waals surface area (Å²) in [5, 5.41) is 14.9. The third-order valence-corrected chi connectivity index (χ3v) is 1.90. The molecular formula is C10H22N2O2. The Kier molecular flexibility index (Phi) is 8.57. The second-order valence-electron chi connectivity index (χ2n) is 3.44. The third-order valence-electron chi connectivity index (χ3n) is 1.90. The van der Waals surface area contributed by atoms with Gasteiger partial charge in [0, 0.05) is 19.5 Å². The van der Waals surface area contributed by atoms with Crippen molar-refractivity contribution in [1.29, 1.82) is 0 Å². The first-order chi connectivity index (χ1) is 6.66. The van der Waals surface area contributed by atoms with Crippen molar-refractivity contribution in [2.24, 2.45) is 0 Å². The van der Waals surface area contributed by atoms with Crippen molar-refractivity contribution < 1.29 is 9.90 Å². The molecule has 0 heterocycles. The summed E-state index contributed by atoms with van der Waals surface area (Å²) in [6.45, 7) is 6.07. The predicted octanol–water partition coefficient (Wildman–Crippen LogP) is 0.263. The normalized spacial score (nSPS) is 12.5. The number of aliphatic hydroxyl groups excluding tert-OH is 1. The van der Waals surface area contributed by atoms with Crippen LogP contribution in [0.15, 0.2) is 0 Å². The minimum atomic E-state index is -0.270. The molecular weight excluding hydrogens is 180 g/mol. The van der Waals surface area contributed by atoms with Crippen LogP contribution in [0.1, 0.15) is 33.1 Å². The van der Waals surface area contributed by atoms with Crippen molar-refractivity contribution >= 4 is 5.91 Å². The van der Waals surface area contributed by atoms with E-state index in [1.165, 1.54) is 0 Å². The van der Waals surface area contributed by atoms with Gasteiger partial charge in [0.25, 0.3) is 0 Å². The van der Waals surface area contributed by atoms with Gasteiger partial charge in [-0.1, -0.05) is 6.92 Å². The standard InChI is InChI=1S/C10H22N2O2/c1-3-11-8-6-10(14)12-7-4-5-9(2)13/h9,11,13H,3-8H2,1-2H3,(H,12,14). The van der Waals surface area contributed by atoms with E-state index >= 15 is 0 Å². The molecule has 3 N–H and O–H groups in total. The van der Waals surface area contributed by atoms with Gasteiger partial charge in [-0.15, -0.1) is 0 Å². The van der Waals surface area contributed by atoms with Crippen molar-refractivity contribution in [2.45, 2.75) is 39.2 Å². The molecule has 14 heavy (non-hydrogen) atoms. The van der Waals surface area contributed by atoms with Gasteiger partial charge in [0.2, 0.25) is 5.91 Å². The first kappa shape index (κ1) is 13.4. The van der Waals surface area contributed by atoms with E-state index in [2.05, 4.69) is 10.6 Å². The Morgan fingerprint density at radius 3 is 2.71 bits per heavy atom. The van der Waals surface area contributed by atoms with E-state index in [0.717, 1.165) is 25.9 Å². The molecule has 0 saturated carbocycles. The smallest absolute Gasteiger partial charge is 0.221 e. The lowest BCUT2D eigenvalue weighted by molar-refractivity contribution is -0.121. The number of carbonyl (C=O) groups excluding carboxylic acids is 1. The number of nitrogens with one attached hydrogen (secondary N) is 2. The zero-order chi connectivity index (χ0) is 10.8. The van der Waals surface area contributed by atoms with Crippen LogP contribution in [0.5, 0.6) is 0 Å². The highest BCUT2D eigenvalue weighted by atomic mass is 16.3. The van der Waals surface area contributed by atoms with Crippen LogP contribution in [-0.4, -0.2) is 36.8 Å². The summed E-state index contributed by atoms with van der Waals surface area (Å²) in [5.74, 6) is 0.0801. The monoisotopic (exact) mass is 202 g/mol. The number of rotatable bonds is 8. The van der Waals surface area contributed by atoms with Gasteiger partial charge < -0.3 is 15.7 Å². The molecule has 4 nitrogen and oxygen atoms in total. The van der Waals surface area contributed by atoms with Gasteiger partial charge in [-0.25, -0.2) is 0 Å². The maximum absolute atomic E-state index is 11.1. The molecule has 0 saturated heterocycles. The van der Waals surface area contributed by atoms with E-state index in [1.807, 2.05) is 6.92 Å². The third kappa shape index (κ3) is 9.48. The molecule has 0 rings (SSSR count). The molecule has 0 aromatic rings. The fraction of sp³-hybridized carbons (Fsp3) is 0.900. The summed E-state index contributed by atoms with van der Waals surface area (Å²) in [6, 6.07) is 0. The molecule has 0 spiro atoms. The maximum Gasteiger partial charge on any atom is 0.221 e. The lowest BCUT2D eigenvalue weighted by Gasteiger charge is -2.06. The van der Waals surface area contributed by atoms with E-state index in [0.29, 0.717) is 13.0 Å². The maximum atomic E-state index is 11.1. The molecule has 4 heteroatoms. The van der Waals surface area contributed by atoms with Gasteiger partial charge in [-0.3, -0.25) is 4.79 Å². The van der Waals surface area contributed by atoms with Crippen LogP contribution in [0.4, 0.5) is 0 Å². The molecule has 0 aromatic heterocycles. The number of hydrogen-bond donors (Lipinski definition) is 3. The van der Waals surface area contributed by atoms with E-state index < -0.39 is 0 Å². The van der Waals surface area contributed by atoms with Crippen LogP contribution < -0.4 is 10.6 Å². The quantitative estimate of drug-likeness (QED) is 0.495. The molecule has 0 aromatic carbocycles. The van der Waals surface area contributed by atoms with Gasteiger partial charge in [-0.05, 0) is 26.3 Å². The minimum absolute atomic E-state index is 0.0801. The second-order valence-corrected chi connectivity index (χ2v) is 3.44. The van der Waals surface area contributed by atoms with E-state index in [4.69, 9.17) is 5.11 Å². The highest BCUT2D eigenvalue weighted by Gasteiger charge is 2.00. The van der Waals surface area contributed by atoms with Gasteiger partial charge in [0.05, 0.1) is 6.10 Å². The molecule has 1 atom stereocenters. The van der Waals surface area contributed by atoms with Crippen molar-refractivity contribution in [1.82, 2.24) is 10.6 Å². The van der Waals surface area contributed by atoms with Gasteiger partial charge in [0.15, 0.2) is 0 Å². The van der Waals surface area contributed by atoms with Crippen molar-refractivity contribution in [3.05, 3.63) is 0 Å². The van der Waals surface area contributed by atoms with E-state index in [-0.39, 0.29) is 12.0 Å². The van der Waals surface area contributed by atoms with E-state index in [9.17, 15) is 4.79 Å². The first-order valence-corrected chi connectivity index (χ1v) is 5.32. The lowest BCUT2D eigenvalue weighted by atomic mass is 10.2. The summed E-state index contributed by atoms with van der Waals surface area (Å²) < 4.78 is 0. The summed E-state index contributed by atoms with van der Waals surface area (Å²) in [7, 11) is 0. The zero-order valence-corrected chi connectivity index (χ0v) is 9.18.